The van der Waals surface area contributed by atoms with Crippen LogP contribution in [0.25, 0.3) is 0 Å². The first-order chi connectivity index (χ1) is 11.8. The first-order valence-electron chi connectivity index (χ1n) is 7.60. The summed E-state index contributed by atoms with van der Waals surface area (Å²) in [6.45, 7) is 2.21. The van der Waals surface area contributed by atoms with Gasteiger partial charge in [0.15, 0.2) is 0 Å². The van der Waals surface area contributed by atoms with Crippen LogP contribution in [0.5, 0.6) is 5.75 Å². The van der Waals surface area contributed by atoms with Gasteiger partial charge >= 0.3 is 0 Å². The maximum absolute atomic E-state index is 12.3. The highest BCUT2D eigenvalue weighted by Crippen LogP contribution is 2.33. The van der Waals surface area contributed by atoms with Crippen molar-refractivity contribution in [1.82, 2.24) is 4.90 Å². The Morgan fingerprint density at radius 2 is 1.72 bits per heavy atom. The van der Waals surface area contributed by atoms with Crippen LogP contribution >= 0.6 is 34.8 Å². The Kier molecular flexibility index (Phi) is 6.96. The van der Waals surface area contributed by atoms with E-state index in [1.54, 1.807) is 7.11 Å². The van der Waals surface area contributed by atoms with Gasteiger partial charge in [0.2, 0.25) is 5.91 Å². The molecule has 0 saturated carbocycles. The van der Waals surface area contributed by atoms with Gasteiger partial charge in [0.25, 0.3) is 0 Å². The molecule has 4 nitrogen and oxygen atoms in total. The maximum Gasteiger partial charge on any atom is 0.238 e. The van der Waals surface area contributed by atoms with Crippen molar-refractivity contribution in [3.05, 3.63) is 57.0 Å². The van der Waals surface area contributed by atoms with Crippen LogP contribution in [0.1, 0.15) is 18.5 Å². The van der Waals surface area contributed by atoms with Crippen molar-refractivity contribution < 1.29 is 9.53 Å². The van der Waals surface area contributed by atoms with Gasteiger partial charge in [-0.1, -0.05) is 46.9 Å². The molecule has 2 aromatic rings. The Balaban J connectivity index is 2.02. The van der Waals surface area contributed by atoms with E-state index >= 15 is 0 Å². The van der Waals surface area contributed by atoms with E-state index in [2.05, 4.69) is 5.32 Å². The third-order valence-electron chi connectivity index (χ3n) is 3.92. The highest BCUT2D eigenvalue weighted by atomic mass is 35.5. The summed E-state index contributed by atoms with van der Waals surface area (Å²) in [6.07, 6.45) is 0. The number of likely N-dealkylation sites (N-methyl/N-ethyl adjacent to an activating group) is 1. The number of nitrogens with one attached hydrogen (secondary N) is 1. The lowest BCUT2D eigenvalue weighted by molar-refractivity contribution is -0.117. The average molecular weight is 402 g/mol. The summed E-state index contributed by atoms with van der Waals surface area (Å²) in [7, 11) is 3.50. The second-order valence-electron chi connectivity index (χ2n) is 5.66. The lowest BCUT2D eigenvalue weighted by atomic mass is 10.1. The topological polar surface area (TPSA) is 41.6 Å². The number of hydrogen-bond donors (Lipinski definition) is 1. The third-order valence-corrected chi connectivity index (χ3v) is 4.74. The molecule has 0 heterocycles. The number of carbonyl (C=O) groups is 1. The van der Waals surface area contributed by atoms with E-state index in [0.717, 1.165) is 11.3 Å². The smallest absolute Gasteiger partial charge is 0.238 e. The number of nitrogens with zero attached hydrogens (tertiary/aromatic N) is 1. The largest absolute Gasteiger partial charge is 0.497 e. The van der Waals surface area contributed by atoms with Crippen LogP contribution in [0.4, 0.5) is 5.69 Å². The molecule has 134 valence electrons. The molecule has 2 rings (SSSR count). The van der Waals surface area contributed by atoms with Crippen molar-refractivity contribution in [2.45, 2.75) is 13.0 Å². The number of anilines is 1. The highest BCUT2D eigenvalue weighted by Gasteiger charge is 2.17. The Hall–Kier alpha value is -1.46. The standard InChI is InChI=1S/C18H19Cl3N2O2/c1-11(12-4-6-14(25-3)7-5-12)23(2)10-17(24)22-18-15(20)8-13(19)9-16(18)21/h4-9,11H,10H2,1-3H3,(H,22,24). The van der Waals surface area contributed by atoms with Crippen LogP contribution in [0.2, 0.25) is 15.1 Å². The number of amides is 1. The van der Waals surface area contributed by atoms with Crippen LogP contribution in [0.3, 0.4) is 0 Å². The minimum absolute atomic E-state index is 0.0489. The summed E-state index contributed by atoms with van der Waals surface area (Å²) >= 11 is 18.1. The van der Waals surface area contributed by atoms with Crippen molar-refractivity contribution in [3.8, 4) is 5.75 Å². The van der Waals surface area contributed by atoms with Gasteiger partial charge in [-0.05, 0) is 43.8 Å². The number of rotatable bonds is 6. The number of carbonyl (C=O) groups excluding carboxylic acids is 1. The zero-order valence-corrected chi connectivity index (χ0v) is 16.4. The first kappa shape index (κ1) is 19.9. The molecule has 1 atom stereocenters. The van der Waals surface area contributed by atoms with E-state index in [0.29, 0.717) is 20.8 Å². The van der Waals surface area contributed by atoms with Gasteiger partial charge in [-0.25, -0.2) is 0 Å². The lowest BCUT2D eigenvalue weighted by Crippen LogP contribution is -2.32. The first-order valence-corrected chi connectivity index (χ1v) is 8.73. The van der Waals surface area contributed by atoms with Crippen LogP contribution in [-0.4, -0.2) is 31.5 Å². The summed E-state index contributed by atoms with van der Waals surface area (Å²) in [5.41, 5.74) is 1.45. The van der Waals surface area contributed by atoms with Crippen molar-refractivity contribution in [2.75, 3.05) is 26.0 Å². The molecule has 0 aliphatic rings. The molecule has 2 aromatic carbocycles. The summed E-state index contributed by atoms with van der Waals surface area (Å²) in [5, 5.41) is 3.76. The highest BCUT2D eigenvalue weighted by molar-refractivity contribution is 6.42. The number of hydrogen-bond acceptors (Lipinski definition) is 3. The monoisotopic (exact) mass is 400 g/mol. The second-order valence-corrected chi connectivity index (χ2v) is 6.91. The summed E-state index contributed by atoms with van der Waals surface area (Å²) < 4.78 is 5.16. The number of halogens is 3. The van der Waals surface area contributed by atoms with Crippen LogP contribution in [0.15, 0.2) is 36.4 Å². The van der Waals surface area contributed by atoms with E-state index < -0.39 is 0 Å². The fraction of sp³-hybridized carbons (Fsp3) is 0.278. The molecular weight excluding hydrogens is 383 g/mol. The van der Waals surface area contributed by atoms with Crippen LogP contribution in [-0.2, 0) is 4.79 Å². The van der Waals surface area contributed by atoms with Crippen molar-refractivity contribution in [2.24, 2.45) is 0 Å². The molecule has 1 N–H and O–H groups in total. The molecule has 0 saturated heterocycles. The molecule has 0 fully saturated rings. The minimum Gasteiger partial charge on any atom is -0.497 e. The Morgan fingerprint density at radius 1 is 1.16 bits per heavy atom. The van der Waals surface area contributed by atoms with Crippen molar-refractivity contribution in [1.29, 1.82) is 0 Å². The Labute approximate surface area is 162 Å². The van der Waals surface area contributed by atoms with Gasteiger partial charge in [0.05, 0.1) is 29.4 Å². The van der Waals surface area contributed by atoms with Crippen LogP contribution < -0.4 is 10.1 Å². The molecule has 25 heavy (non-hydrogen) atoms. The van der Waals surface area contributed by atoms with Gasteiger partial charge in [0, 0.05) is 11.1 Å². The third kappa shape index (κ3) is 5.25. The molecular formula is C18H19Cl3N2O2. The Morgan fingerprint density at radius 3 is 2.24 bits per heavy atom. The van der Waals surface area contributed by atoms with Gasteiger partial charge < -0.3 is 10.1 Å². The quantitative estimate of drug-likeness (QED) is 0.715. The number of benzene rings is 2. The Bertz CT molecular complexity index is 727. The minimum atomic E-state index is -0.214. The van der Waals surface area contributed by atoms with Crippen LogP contribution in [0, 0.1) is 0 Å². The predicted molar refractivity (Wildman–Crippen MR) is 104 cm³/mol. The molecule has 1 amide bonds. The SMILES string of the molecule is COc1ccc(C(C)N(C)CC(=O)Nc2c(Cl)cc(Cl)cc2Cl)cc1. The van der Waals surface area contributed by atoms with Gasteiger partial charge in [-0.3, -0.25) is 9.69 Å². The van der Waals surface area contributed by atoms with E-state index in [-0.39, 0.29) is 18.5 Å². The number of ether oxygens (including phenoxy) is 1. The lowest BCUT2D eigenvalue weighted by Gasteiger charge is -2.24. The van der Waals surface area contributed by atoms with E-state index in [1.807, 2.05) is 43.1 Å². The molecule has 0 radical (unpaired) electrons. The normalized spacial score (nSPS) is 12.1. The summed E-state index contributed by atoms with van der Waals surface area (Å²) in [4.78, 5) is 14.3. The molecule has 0 aliphatic heterocycles. The maximum atomic E-state index is 12.3. The van der Waals surface area contributed by atoms with Crippen molar-refractivity contribution in [3.63, 3.8) is 0 Å². The summed E-state index contributed by atoms with van der Waals surface area (Å²) in [5.74, 6) is 0.581. The zero-order chi connectivity index (χ0) is 18.6. The molecule has 7 heteroatoms. The number of methoxy groups -OCH3 is 1. The zero-order valence-electron chi connectivity index (χ0n) is 14.1. The molecule has 0 spiro atoms. The van der Waals surface area contributed by atoms with Gasteiger partial charge in [0.1, 0.15) is 5.75 Å². The van der Waals surface area contributed by atoms with E-state index in [9.17, 15) is 4.79 Å². The van der Waals surface area contributed by atoms with E-state index in [4.69, 9.17) is 39.5 Å². The second kappa shape index (κ2) is 8.77. The molecule has 0 aromatic heterocycles. The molecule has 1 unspecified atom stereocenters. The van der Waals surface area contributed by atoms with E-state index in [1.165, 1.54) is 12.1 Å². The van der Waals surface area contributed by atoms with Crippen molar-refractivity contribution >= 4 is 46.4 Å². The molecule has 0 bridgehead atoms. The average Bonchev–Trinajstić information content (AvgIpc) is 2.57. The molecule has 0 aliphatic carbocycles. The fourth-order valence-electron chi connectivity index (χ4n) is 2.34. The summed E-state index contributed by atoms with van der Waals surface area (Å²) in [6, 6.07) is 10.9. The van der Waals surface area contributed by atoms with Gasteiger partial charge in [-0.15, -0.1) is 0 Å². The van der Waals surface area contributed by atoms with Gasteiger partial charge in [-0.2, -0.15) is 0 Å². The fourth-order valence-corrected chi connectivity index (χ4v) is 3.25. The predicted octanol–water partition coefficient (Wildman–Crippen LogP) is 5.29.